The van der Waals surface area contributed by atoms with Crippen molar-refractivity contribution in [1.29, 1.82) is 0 Å². The SMILES string of the molecule is CC(=O)N[C@@H](CO)[C@@H](O[C@@H]1O[C@H](CO)[C@H](O[C@@H]2O[C@H](CO)[C@H](O)[C@H](O)[C@H]2O)[C@H](O)[C@H]1O)[C@@H](O)[C@H](O)CO. The van der Waals surface area contributed by atoms with Crippen molar-refractivity contribution in [3.63, 3.8) is 0 Å². The van der Waals surface area contributed by atoms with Crippen molar-refractivity contribution in [1.82, 2.24) is 5.32 Å². The standard InChI is InChI=1S/C20H37NO16/c1-6(26)21-7(2-22)17(11(28)8(27)3-23)36-20-16(33)14(31)18(10(5-25)35-20)37-19-15(32)13(30)12(29)9(4-24)34-19/h7-20,22-25,27-33H,2-5H2,1H3,(H,21,26)/t7-,8+,9+,10+,11-,12-,13-,14+,15+,16+,17+,18-,19-,20-/m0/s1. The number of aliphatic hydroxyl groups is 11. The summed E-state index contributed by atoms with van der Waals surface area (Å²) in [4.78, 5) is 11.5. The second-order valence-electron chi connectivity index (χ2n) is 8.84. The molecule has 2 rings (SSSR count). The first-order chi connectivity index (χ1) is 17.4. The molecule has 0 aromatic rings. The number of ether oxygens (including phenoxy) is 4. The molecule has 2 saturated heterocycles. The van der Waals surface area contributed by atoms with E-state index < -0.39 is 118 Å². The van der Waals surface area contributed by atoms with E-state index in [-0.39, 0.29) is 0 Å². The average molecular weight is 548 g/mol. The molecule has 14 atom stereocenters. The summed E-state index contributed by atoms with van der Waals surface area (Å²) in [5.41, 5.74) is 0. The Morgan fingerprint density at radius 3 is 1.89 bits per heavy atom. The first kappa shape index (κ1) is 32.1. The summed E-state index contributed by atoms with van der Waals surface area (Å²) in [5.74, 6) is -0.662. The number of amides is 1. The van der Waals surface area contributed by atoms with Crippen LogP contribution in [0, 0.1) is 0 Å². The van der Waals surface area contributed by atoms with Crippen molar-refractivity contribution in [2.45, 2.75) is 92.7 Å². The first-order valence-electron chi connectivity index (χ1n) is 11.5. The van der Waals surface area contributed by atoms with E-state index >= 15 is 0 Å². The van der Waals surface area contributed by atoms with Crippen molar-refractivity contribution in [3.8, 4) is 0 Å². The van der Waals surface area contributed by atoms with Gasteiger partial charge in [0.05, 0.1) is 32.5 Å². The van der Waals surface area contributed by atoms with Crippen LogP contribution in [0.1, 0.15) is 6.92 Å². The van der Waals surface area contributed by atoms with Crippen LogP contribution in [0.25, 0.3) is 0 Å². The third-order valence-electron chi connectivity index (χ3n) is 6.15. The minimum absolute atomic E-state index is 0.662. The minimum atomic E-state index is -1.99. The van der Waals surface area contributed by atoms with Gasteiger partial charge in [-0.05, 0) is 0 Å². The van der Waals surface area contributed by atoms with Crippen LogP contribution in [-0.2, 0) is 23.7 Å². The highest BCUT2D eigenvalue weighted by Gasteiger charge is 2.51. The Hall–Kier alpha value is -1.13. The van der Waals surface area contributed by atoms with Gasteiger partial charge in [-0.2, -0.15) is 0 Å². The van der Waals surface area contributed by atoms with Crippen LogP contribution < -0.4 is 5.32 Å². The molecular formula is C20H37NO16. The fourth-order valence-electron chi connectivity index (χ4n) is 4.06. The molecule has 2 fully saturated rings. The van der Waals surface area contributed by atoms with Gasteiger partial charge >= 0.3 is 0 Å². The zero-order chi connectivity index (χ0) is 28.0. The summed E-state index contributed by atoms with van der Waals surface area (Å²) < 4.78 is 21.6. The van der Waals surface area contributed by atoms with Gasteiger partial charge in [0, 0.05) is 6.92 Å². The van der Waals surface area contributed by atoms with Gasteiger partial charge in [0.2, 0.25) is 5.91 Å². The van der Waals surface area contributed by atoms with Crippen molar-refractivity contribution in [2.24, 2.45) is 0 Å². The molecule has 2 aliphatic heterocycles. The number of nitrogens with one attached hydrogen (secondary N) is 1. The monoisotopic (exact) mass is 547 g/mol. The topological polar surface area (TPSA) is 289 Å². The lowest BCUT2D eigenvalue weighted by atomic mass is 9.96. The van der Waals surface area contributed by atoms with Gasteiger partial charge in [0.1, 0.15) is 67.1 Å². The normalized spacial score (nSPS) is 40.0. The molecule has 2 heterocycles. The van der Waals surface area contributed by atoms with Crippen LogP contribution >= 0.6 is 0 Å². The van der Waals surface area contributed by atoms with Gasteiger partial charge < -0.3 is 80.4 Å². The molecule has 0 aliphatic carbocycles. The molecule has 17 nitrogen and oxygen atoms in total. The highest BCUT2D eigenvalue weighted by atomic mass is 16.7. The zero-order valence-corrected chi connectivity index (χ0v) is 19.9. The highest BCUT2D eigenvalue weighted by molar-refractivity contribution is 5.73. The molecule has 0 spiro atoms. The number of hydrogen-bond acceptors (Lipinski definition) is 16. The first-order valence-corrected chi connectivity index (χ1v) is 11.5. The van der Waals surface area contributed by atoms with Gasteiger partial charge in [-0.15, -0.1) is 0 Å². The molecule has 12 N–H and O–H groups in total. The number of hydrogen-bond donors (Lipinski definition) is 12. The van der Waals surface area contributed by atoms with Crippen LogP contribution in [0.2, 0.25) is 0 Å². The van der Waals surface area contributed by atoms with E-state index in [0.29, 0.717) is 0 Å². The van der Waals surface area contributed by atoms with Crippen molar-refractivity contribution >= 4 is 5.91 Å². The summed E-state index contributed by atoms with van der Waals surface area (Å²) in [7, 11) is 0. The number of rotatable bonds is 12. The third-order valence-corrected chi connectivity index (χ3v) is 6.15. The molecule has 17 heteroatoms. The van der Waals surface area contributed by atoms with Crippen molar-refractivity contribution in [3.05, 3.63) is 0 Å². The van der Waals surface area contributed by atoms with Crippen LogP contribution in [0.15, 0.2) is 0 Å². The van der Waals surface area contributed by atoms with Gasteiger partial charge in [-0.3, -0.25) is 4.79 Å². The Balaban J connectivity index is 2.23. The van der Waals surface area contributed by atoms with Crippen LogP contribution in [0.4, 0.5) is 0 Å². The van der Waals surface area contributed by atoms with Gasteiger partial charge in [-0.1, -0.05) is 0 Å². The van der Waals surface area contributed by atoms with Gasteiger partial charge in [0.25, 0.3) is 0 Å². The molecule has 218 valence electrons. The van der Waals surface area contributed by atoms with Crippen LogP contribution in [0.5, 0.6) is 0 Å². The fraction of sp³-hybridized carbons (Fsp3) is 0.950. The summed E-state index contributed by atoms with van der Waals surface area (Å²) in [6.45, 7) is -2.30. The predicted molar refractivity (Wildman–Crippen MR) is 115 cm³/mol. The van der Waals surface area contributed by atoms with Crippen molar-refractivity contribution < 1.29 is 79.9 Å². The third kappa shape index (κ3) is 7.50. The summed E-state index contributed by atoms with van der Waals surface area (Å²) >= 11 is 0. The maximum absolute atomic E-state index is 11.5. The Labute approximate surface area is 211 Å². The maximum atomic E-state index is 11.5. The van der Waals surface area contributed by atoms with E-state index in [1.807, 2.05) is 0 Å². The largest absolute Gasteiger partial charge is 0.394 e. The fourth-order valence-corrected chi connectivity index (χ4v) is 4.06. The maximum Gasteiger partial charge on any atom is 0.217 e. The number of carbonyl (C=O) groups excluding carboxylic acids is 1. The molecule has 0 bridgehead atoms. The smallest absolute Gasteiger partial charge is 0.217 e. The van der Waals surface area contributed by atoms with Gasteiger partial charge in [-0.25, -0.2) is 0 Å². The molecule has 0 radical (unpaired) electrons. The Morgan fingerprint density at radius 2 is 1.38 bits per heavy atom. The number of aliphatic hydroxyl groups excluding tert-OH is 11. The Morgan fingerprint density at radius 1 is 0.811 bits per heavy atom. The van der Waals surface area contributed by atoms with E-state index in [9.17, 15) is 61.0 Å². The predicted octanol–water partition coefficient (Wildman–Crippen LogP) is -7.79. The van der Waals surface area contributed by atoms with E-state index in [4.69, 9.17) is 18.9 Å². The summed E-state index contributed by atoms with van der Waals surface area (Å²) in [5, 5.41) is 112. The molecule has 0 unspecified atom stereocenters. The average Bonchev–Trinajstić information content (AvgIpc) is 2.88. The van der Waals surface area contributed by atoms with Crippen molar-refractivity contribution in [2.75, 3.05) is 26.4 Å². The van der Waals surface area contributed by atoms with Crippen LogP contribution in [-0.4, -0.2) is 174 Å². The van der Waals surface area contributed by atoms with E-state index in [1.54, 1.807) is 0 Å². The lowest BCUT2D eigenvalue weighted by molar-refractivity contribution is -0.366. The van der Waals surface area contributed by atoms with Gasteiger partial charge in [0.15, 0.2) is 12.6 Å². The second kappa shape index (κ2) is 14.3. The Bertz CT molecular complexity index is 699. The van der Waals surface area contributed by atoms with E-state index in [0.717, 1.165) is 6.92 Å². The second-order valence-corrected chi connectivity index (χ2v) is 8.84. The molecule has 1 amide bonds. The Kier molecular flexibility index (Phi) is 12.4. The lowest BCUT2D eigenvalue weighted by Crippen LogP contribution is -2.66. The summed E-state index contributed by atoms with van der Waals surface area (Å²) in [6.07, 6.45) is -22.8. The number of carbonyl (C=O) groups is 1. The van der Waals surface area contributed by atoms with E-state index in [1.165, 1.54) is 0 Å². The molecule has 0 saturated carbocycles. The molecular weight excluding hydrogens is 510 g/mol. The highest BCUT2D eigenvalue weighted by Crippen LogP contribution is 2.30. The molecule has 2 aliphatic rings. The summed E-state index contributed by atoms with van der Waals surface area (Å²) in [6, 6.07) is -1.38. The minimum Gasteiger partial charge on any atom is -0.394 e. The lowest BCUT2D eigenvalue weighted by Gasteiger charge is -2.47. The molecule has 0 aromatic carbocycles. The quantitative estimate of drug-likeness (QED) is 0.108. The van der Waals surface area contributed by atoms with E-state index in [2.05, 4.69) is 5.32 Å². The molecule has 0 aromatic heterocycles. The molecule has 37 heavy (non-hydrogen) atoms. The van der Waals surface area contributed by atoms with Crippen LogP contribution in [0.3, 0.4) is 0 Å². The zero-order valence-electron chi connectivity index (χ0n) is 19.9.